The lowest BCUT2D eigenvalue weighted by Crippen LogP contribution is -2.33. The first-order valence-corrected chi connectivity index (χ1v) is 7.63. The van der Waals surface area contributed by atoms with E-state index in [0.29, 0.717) is 6.54 Å². The number of amides is 1. The van der Waals surface area contributed by atoms with Crippen LogP contribution in [-0.2, 0) is 4.79 Å². The third-order valence-corrected chi connectivity index (χ3v) is 3.93. The molecule has 0 aliphatic heterocycles. The summed E-state index contributed by atoms with van der Waals surface area (Å²) in [6, 6.07) is 17.7. The van der Waals surface area contributed by atoms with Crippen LogP contribution in [0.1, 0.15) is 6.92 Å². The number of rotatable bonds is 5. The Labute approximate surface area is 133 Å². The molecule has 2 rings (SSSR count). The Bertz CT molecular complexity index is 572. The number of anilines is 2. The minimum atomic E-state index is -0.000168. The molecular weight excluding hydrogens is 363 g/mol. The average molecular weight is 380 g/mol. The van der Waals surface area contributed by atoms with Gasteiger partial charge in [0, 0.05) is 15.8 Å². The van der Waals surface area contributed by atoms with Crippen LogP contribution >= 0.6 is 22.6 Å². The molecule has 1 amide bonds. The molecule has 0 heterocycles. The van der Waals surface area contributed by atoms with Crippen molar-refractivity contribution >= 4 is 39.9 Å². The van der Waals surface area contributed by atoms with Crippen LogP contribution in [-0.4, -0.2) is 19.0 Å². The van der Waals surface area contributed by atoms with Crippen LogP contribution in [0.5, 0.6) is 0 Å². The van der Waals surface area contributed by atoms with E-state index >= 15 is 0 Å². The molecule has 0 saturated carbocycles. The topological polar surface area (TPSA) is 32.3 Å². The fourth-order valence-electron chi connectivity index (χ4n) is 1.95. The minimum absolute atomic E-state index is 0.000168. The predicted octanol–water partition coefficient (Wildman–Crippen LogP) is 3.76. The van der Waals surface area contributed by atoms with Crippen LogP contribution in [0.15, 0.2) is 54.6 Å². The number of nitrogens with one attached hydrogen (secondary N) is 1. The van der Waals surface area contributed by atoms with Gasteiger partial charge in [0.25, 0.3) is 0 Å². The Balaban J connectivity index is 2.02. The van der Waals surface area contributed by atoms with Crippen molar-refractivity contribution in [1.29, 1.82) is 0 Å². The summed E-state index contributed by atoms with van der Waals surface area (Å²) in [5.74, 6) is -0.000168. The van der Waals surface area contributed by atoms with Gasteiger partial charge in [0.1, 0.15) is 0 Å². The molecular formula is C16H17IN2O. The minimum Gasteiger partial charge on any atom is -0.362 e. The molecule has 0 aliphatic rings. The first-order chi connectivity index (χ1) is 9.70. The largest absolute Gasteiger partial charge is 0.362 e. The molecule has 20 heavy (non-hydrogen) atoms. The number of nitrogens with zero attached hydrogens (tertiary/aromatic N) is 1. The number of carbonyl (C=O) groups excluding carboxylic acids is 1. The van der Waals surface area contributed by atoms with E-state index in [1.165, 1.54) is 0 Å². The van der Waals surface area contributed by atoms with Crippen LogP contribution in [0.25, 0.3) is 0 Å². The van der Waals surface area contributed by atoms with Crippen molar-refractivity contribution in [2.45, 2.75) is 6.92 Å². The molecule has 0 saturated heterocycles. The van der Waals surface area contributed by atoms with Crippen molar-refractivity contribution < 1.29 is 4.79 Å². The van der Waals surface area contributed by atoms with E-state index < -0.39 is 0 Å². The highest BCUT2D eigenvalue weighted by Crippen LogP contribution is 2.17. The summed E-state index contributed by atoms with van der Waals surface area (Å²) in [6.07, 6.45) is 0. The van der Waals surface area contributed by atoms with Gasteiger partial charge in [-0.1, -0.05) is 30.3 Å². The molecule has 0 bridgehead atoms. The zero-order valence-corrected chi connectivity index (χ0v) is 13.5. The summed E-state index contributed by atoms with van der Waals surface area (Å²) in [7, 11) is 0. The molecule has 0 unspecified atom stereocenters. The lowest BCUT2D eigenvalue weighted by atomic mass is 10.2. The Morgan fingerprint density at radius 3 is 2.40 bits per heavy atom. The third-order valence-electron chi connectivity index (χ3n) is 2.99. The fourth-order valence-corrected chi connectivity index (χ4v) is 2.47. The number of hydrogen-bond donors (Lipinski definition) is 1. The van der Waals surface area contributed by atoms with Gasteiger partial charge in [-0.2, -0.15) is 0 Å². The van der Waals surface area contributed by atoms with E-state index in [0.717, 1.165) is 21.5 Å². The van der Waals surface area contributed by atoms with Crippen LogP contribution in [0, 0.1) is 3.57 Å². The highest BCUT2D eigenvalue weighted by Gasteiger charge is 2.10. The zero-order valence-electron chi connectivity index (χ0n) is 11.3. The second-order valence-electron chi connectivity index (χ2n) is 4.38. The van der Waals surface area contributed by atoms with E-state index in [-0.39, 0.29) is 5.91 Å². The van der Waals surface area contributed by atoms with Gasteiger partial charge < -0.3 is 10.2 Å². The van der Waals surface area contributed by atoms with Crippen molar-refractivity contribution in [3.8, 4) is 0 Å². The van der Waals surface area contributed by atoms with E-state index in [4.69, 9.17) is 0 Å². The van der Waals surface area contributed by atoms with E-state index in [1.54, 1.807) is 0 Å². The van der Waals surface area contributed by atoms with Gasteiger partial charge in [0.2, 0.25) is 5.91 Å². The van der Waals surface area contributed by atoms with Gasteiger partial charge in [0.15, 0.2) is 0 Å². The highest BCUT2D eigenvalue weighted by atomic mass is 127. The average Bonchev–Trinajstić information content (AvgIpc) is 2.48. The van der Waals surface area contributed by atoms with Crippen LogP contribution in [0.3, 0.4) is 0 Å². The molecule has 104 valence electrons. The number of hydrogen-bond acceptors (Lipinski definition) is 2. The number of likely N-dealkylation sites (N-methyl/N-ethyl adjacent to an activating group) is 1. The number of para-hydroxylation sites is 2. The van der Waals surface area contributed by atoms with Crippen LogP contribution in [0.4, 0.5) is 11.4 Å². The molecule has 1 N–H and O–H groups in total. The van der Waals surface area contributed by atoms with Gasteiger partial charge >= 0.3 is 0 Å². The third kappa shape index (κ3) is 3.96. The maximum Gasteiger partial charge on any atom is 0.243 e. The van der Waals surface area contributed by atoms with Crippen molar-refractivity contribution in [1.82, 2.24) is 0 Å². The second-order valence-corrected chi connectivity index (χ2v) is 5.54. The Kier molecular flexibility index (Phi) is 5.40. The second kappa shape index (κ2) is 7.28. The van der Waals surface area contributed by atoms with Gasteiger partial charge in [0.05, 0.1) is 12.2 Å². The highest BCUT2D eigenvalue weighted by molar-refractivity contribution is 14.1. The predicted molar refractivity (Wildman–Crippen MR) is 92.1 cm³/mol. The molecule has 0 fully saturated rings. The fraction of sp³-hybridized carbons (Fsp3) is 0.188. The summed E-state index contributed by atoms with van der Waals surface area (Å²) in [5, 5.41) is 2.96. The molecule has 4 heteroatoms. The lowest BCUT2D eigenvalue weighted by Gasteiger charge is -2.22. The maximum atomic E-state index is 12.2. The van der Waals surface area contributed by atoms with Gasteiger partial charge in [-0.15, -0.1) is 0 Å². The summed E-state index contributed by atoms with van der Waals surface area (Å²) < 4.78 is 1.04. The number of carbonyl (C=O) groups is 1. The summed E-state index contributed by atoms with van der Waals surface area (Å²) >= 11 is 2.22. The normalized spacial score (nSPS) is 10.1. The van der Waals surface area contributed by atoms with Crippen LogP contribution in [0.2, 0.25) is 0 Å². The molecule has 0 aromatic heterocycles. The molecule has 0 aliphatic carbocycles. The first kappa shape index (κ1) is 14.8. The molecule has 2 aromatic carbocycles. The van der Waals surface area contributed by atoms with Crippen molar-refractivity contribution in [3.63, 3.8) is 0 Å². The Morgan fingerprint density at radius 1 is 1.10 bits per heavy atom. The Hall–Kier alpha value is -1.56. The summed E-state index contributed by atoms with van der Waals surface area (Å²) in [6.45, 7) is 3.20. The van der Waals surface area contributed by atoms with E-state index in [2.05, 4.69) is 27.9 Å². The summed E-state index contributed by atoms with van der Waals surface area (Å²) in [5.41, 5.74) is 1.93. The quantitative estimate of drug-likeness (QED) is 0.802. The Morgan fingerprint density at radius 2 is 1.75 bits per heavy atom. The van der Waals surface area contributed by atoms with E-state index in [9.17, 15) is 4.79 Å². The SMILES string of the molecule is CCN(CC(=O)Nc1ccccc1I)c1ccccc1. The first-order valence-electron chi connectivity index (χ1n) is 6.55. The molecule has 0 radical (unpaired) electrons. The number of benzene rings is 2. The van der Waals surface area contributed by atoms with Gasteiger partial charge in [-0.25, -0.2) is 0 Å². The van der Waals surface area contributed by atoms with E-state index in [1.807, 2.05) is 66.4 Å². The van der Waals surface area contributed by atoms with Crippen LogP contribution < -0.4 is 10.2 Å². The summed E-state index contributed by atoms with van der Waals surface area (Å²) in [4.78, 5) is 14.2. The molecule has 3 nitrogen and oxygen atoms in total. The zero-order chi connectivity index (χ0) is 14.4. The smallest absolute Gasteiger partial charge is 0.243 e. The molecule has 2 aromatic rings. The van der Waals surface area contributed by atoms with Gasteiger partial charge in [-0.05, 0) is 53.8 Å². The van der Waals surface area contributed by atoms with Crippen molar-refractivity contribution in [2.24, 2.45) is 0 Å². The molecule has 0 atom stereocenters. The van der Waals surface area contributed by atoms with Gasteiger partial charge in [-0.3, -0.25) is 4.79 Å². The monoisotopic (exact) mass is 380 g/mol. The lowest BCUT2D eigenvalue weighted by molar-refractivity contribution is -0.115. The van der Waals surface area contributed by atoms with Crippen molar-refractivity contribution in [3.05, 3.63) is 58.2 Å². The standard InChI is InChI=1S/C16H17IN2O/c1-2-19(13-8-4-3-5-9-13)12-16(20)18-15-11-7-6-10-14(15)17/h3-11H,2,12H2,1H3,(H,18,20). The number of halogens is 1. The molecule has 0 spiro atoms. The van der Waals surface area contributed by atoms with Crippen molar-refractivity contribution in [2.75, 3.05) is 23.3 Å². The maximum absolute atomic E-state index is 12.2.